The second-order valence-electron chi connectivity index (χ2n) is 2.02. The molecular weight excluding hydrogens is 152 g/mol. The number of carbonyl (C=O) groups is 1. The minimum Gasteiger partial charge on any atom is -0.293 e. The average Bonchev–Trinajstić information content (AvgIpc) is 1.94. The third-order valence-corrected chi connectivity index (χ3v) is 1.15. The van der Waals surface area contributed by atoms with E-state index in [1.54, 1.807) is 0 Å². The van der Waals surface area contributed by atoms with E-state index in [9.17, 15) is 13.6 Å². The van der Waals surface area contributed by atoms with Gasteiger partial charge in [0.2, 0.25) is 5.95 Å². The van der Waals surface area contributed by atoms with Crippen LogP contribution < -0.4 is 0 Å². The van der Waals surface area contributed by atoms with E-state index in [4.69, 9.17) is 0 Å². The van der Waals surface area contributed by atoms with Gasteiger partial charge in [-0.2, -0.15) is 4.39 Å². The summed E-state index contributed by atoms with van der Waals surface area (Å²) in [6, 6.07) is 1.74. The molecule has 0 saturated carbocycles. The summed E-state index contributed by atoms with van der Waals surface area (Å²) >= 11 is 0. The number of rotatable bonds is 1. The van der Waals surface area contributed by atoms with E-state index in [1.165, 1.54) is 0 Å². The summed E-state index contributed by atoms with van der Waals surface area (Å²) in [6.07, 6.45) is 0. The Morgan fingerprint density at radius 1 is 1.45 bits per heavy atom. The molecule has 0 radical (unpaired) electrons. The van der Waals surface area contributed by atoms with Gasteiger partial charge in [0, 0.05) is 6.92 Å². The summed E-state index contributed by atoms with van der Waals surface area (Å²) in [4.78, 5) is 13.6. The summed E-state index contributed by atoms with van der Waals surface area (Å²) in [5.41, 5.74) is -0.454. The smallest absolute Gasteiger partial charge is 0.213 e. The lowest BCUT2D eigenvalue weighted by Gasteiger charge is -1.95. The predicted octanol–water partition coefficient (Wildman–Crippen LogP) is 1.56. The normalized spacial score (nSPS) is 9.73. The van der Waals surface area contributed by atoms with Gasteiger partial charge in [-0.15, -0.1) is 0 Å². The molecule has 0 saturated heterocycles. The highest BCUT2D eigenvalue weighted by Crippen LogP contribution is 2.05. The SMILES string of the molecule is CC(=O)c1nc(F)ccc1F. The first-order valence-corrected chi connectivity index (χ1v) is 2.94. The lowest BCUT2D eigenvalue weighted by atomic mass is 10.2. The van der Waals surface area contributed by atoms with E-state index < -0.39 is 23.2 Å². The Labute approximate surface area is 61.9 Å². The lowest BCUT2D eigenvalue weighted by molar-refractivity contribution is 0.100. The van der Waals surface area contributed by atoms with Gasteiger partial charge < -0.3 is 0 Å². The molecule has 1 aromatic heterocycles. The van der Waals surface area contributed by atoms with Crippen molar-refractivity contribution < 1.29 is 13.6 Å². The van der Waals surface area contributed by atoms with E-state index in [2.05, 4.69) is 4.98 Å². The van der Waals surface area contributed by atoms with Crippen LogP contribution in [0, 0.1) is 11.8 Å². The van der Waals surface area contributed by atoms with Crippen molar-refractivity contribution in [3.63, 3.8) is 0 Å². The topological polar surface area (TPSA) is 30.0 Å². The van der Waals surface area contributed by atoms with Gasteiger partial charge in [-0.1, -0.05) is 0 Å². The van der Waals surface area contributed by atoms with E-state index in [0.29, 0.717) is 0 Å². The van der Waals surface area contributed by atoms with Gasteiger partial charge in [0.05, 0.1) is 0 Å². The molecule has 0 aliphatic carbocycles. The third kappa shape index (κ3) is 1.58. The molecule has 1 rings (SSSR count). The Morgan fingerprint density at radius 2 is 2.09 bits per heavy atom. The number of Topliss-reactive ketones (excluding diaryl/α,β-unsaturated/α-hetero) is 1. The second-order valence-corrected chi connectivity index (χ2v) is 2.02. The number of hydrogen-bond donors (Lipinski definition) is 0. The van der Waals surface area contributed by atoms with Crippen LogP contribution >= 0.6 is 0 Å². The Kier molecular flexibility index (Phi) is 1.94. The molecule has 0 aromatic carbocycles. The zero-order chi connectivity index (χ0) is 8.43. The number of pyridine rings is 1. The number of halogens is 2. The maximum atomic E-state index is 12.6. The predicted molar refractivity (Wildman–Crippen MR) is 34.2 cm³/mol. The van der Waals surface area contributed by atoms with Crippen LogP contribution in [0.25, 0.3) is 0 Å². The van der Waals surface area contributed by atoms with Gasteiger partial charge in [0.1, 0.15) is 5.69 Å². The minimum absolute atomic E-state index is 0.454. The van der Waals surface area contributed by atoms with Gasteiger partial charge in [0.25, 0.3) is 0 Å². The fourth-order valence-corrected chi connectivity index (χ4v) is 0.665. The fraction of sp³-hybridized carbons (Fsp3) is 0.143. The summed E-state index contributed by atoms with van der Waals surface area (Å²) in [5, 5.41) is 0. The van der Waals surface area contributed by atoms with Crippen LogP contribution in [0.15, 0.2) is 12.1 Å². The Hall–Kier alpha value is -1.32. The number of nitrogens with zero attached hydrogens (tertiary/aromatic N) is 1. The molecule has 2 nitrogen and oxygen atoms in total. The van der Waals surface area contributed by atoms with Crippen LogP contribution in [0.2, 0.25) is 0 Å². The molecule has 1 aromatic rings. The zero-order valence-corrected chi connectivity index (χ0v) is 5.77. The summed E-state index contributed by atoms with van der Waals surface area (Å²) in [6.45, 7) is 1.13. The van der Waals surface area contributed by atoms with E-state index >= 15 is 0 Å². The number of carbonyl (C=O) groups excluding carboxylic acids is 1. The molecule has 0 fully saturated rings. The van der Waals surface area contributed by atoms with Crippen molar-refractivity contribution >= 4 is 5.78 Å². The van der Waals surface area contributed by atoms with Crippen LogP contribution in [0.1, 0.15) is 17.4 Å². The van der Waals surface area contributed by atoms with Crippen molar-refractivity contribution in [2.24, 2.45) is 0 Å². The zero-order valence-electron chi connectivity index (χ0n) is 5.77. The molecule has 0 unspecified atom stereocenters. The maximum Gasteiger partial charge on any atom is 0.213 e. The molecule has 0 bridgehead atoms. The molecule has 0 amide bonds. The van der Waals surface area contributed by atoms with Crippen LogP contribution in [0.5, 0.6) is 0 Å². The van der Waals surface area contributed by atoms with Gasteiger partial charge >= 0.3 is 0 Å². The van der Waals surface area contributed by atoms with Crippen molar-refractivity contribution in [3.8, 4) is 0 Å². The second kappa shape index (κ2) is 2.74. The minimum atomic E-state index is -0.850. The summed E-state index contributed by atoms with van der Waals surface area (Å²) in [7, 11) is 0. The summed E-state index contributed by atoms with van der Waals surface area (Å²) in [5.74, 6) is -2.22. The average molecular weight is 157 g/mol. The molecule has 0 atom stereocenters. The molecular formula is C7H5F2NO. The van der Waals surface area contributed by atoms with E-state index in [-0.39, 0.29) is 0 Å². The highest BCUT2D eigenvalue weighted by Gasteiger charge is 2.08. The first-order valence-electron chi connectivity index (χ1n) is 2.94. The standard InChI is InChI=1S/C7H5F2NO/c1-4(11)7-5(8)2-3-6(9)10-7/h2-3H,1H3. The van der Waals surface area contributed by atoms with Gasteiger partial charge in [-0.05, 0) is 12.1 Å². The van der Waals surface area contributed by atoms with Gasteiger partial charge in [-0.3, -0.25) is 4.79 Å². The monoisotopic (exact) mass is 157 g/mol. The van der Waals surface area contributed by atoms with Crippen molar-refractivity contribution in [1.29, 1.82) is 0 Å². The van der Waals surface area contributed by atoms with Crippen molar-refractivity contribution in [2.45, 2.75) is 6.92 Å². The number of hydrogen-bond acceptors (Lipinski definition) is 2. The Balaban J connectivity index is 3.23. The molecule has 4 heteroatoms. The van der Waals surface area contributed by atoms with Crippen LogP contribution in [0.4, 0.5) is 8.78 Å². The quantitative estimate of drug-likeness (QED) is 0.457. The molecule has 0 N–H and O–H groups in total. The fourth-order valence-electron chi connectivity index (χ4n) is 0.665. The highest BCUT2D eigenvalue weighted by molar-refractivity contribution is 5.92. The Bertz CT molecular complexity index is 298. The van der Waals surface area contributed by atoms with Crippen molar-refractivity contribution in [3.05, 3.63) is 29.6 Å². The van der Waals surface area contributed by atoms with E-state index in [0.717, 1.165) is 19.1 Å². The van der Waals surface area contributed by atoms with Crippen LogP contribution in [-0.2, 0) is 0 Å². The first-order chi connectivity index (χ1) is 5.11. The lowest BCUT2D eigenvalue weighted by Crippen LogP contribution is -2.02. The molecule has 0 aliphatic rings. The molecule has 0 spiro atoms. The van der Waals surface area contributed by atoms with E-state index in [1.807, 2.05) is 0 Å². The van der Waals surface area contributed by atoms with Gasteiger partial charge in [0.15, 0.2) is 11.6 Å². The van der Waals surface area contributed by atoms with Crippen LogP contribution in [-0.4, -0.2) is 10.8 Å². The molecule has 1 heterocycles. The number of aromatic nitrogens is 1. The molecule has 11 heavy (non-hydrogen) atoms. The van der Waals surface area contributed by atoms with Gasteiger partial charge in [-0.25, -0.2) is 9.37 Å². The van der Waals surface area contributed by atoms with Crippen molar-refractivity contribution in [1.82, 2.24) is 4.98 Å². The molecule has 0 aliphatic heterocycles. The van der Waals surface area contributed by atoms with Crippen molar-refractivity contribution in [2.75, 3.05) is 0 Å². The molecule has 58 valence electrons. The third-order valence-electron chi connectivity index (χ3n) is 1.15. The number of ketones is 1. The van der Waals surface area contributed by atoms with Crippen LogP contribution in [0.3, 0.4) is 0 Å². The Morgan fingerprint density at radius 3 is 2.55 bits per heavy atom. The summed E-state index contributed by atoms with van der Waals surface area (Å²) < 4.78 is 24.8. The maximum absolute atomic E-state index is 12.6. The largest absolute Gasteiger partial charge is 0.293 e. The highest BCUT2D eigenvalue weighted by atomic mass is 19.1. The first kappa shape index (κ1) is 7.78.